The van der Waals surface area contributed by atoms with E-state index in [1.54, 1.807) is 0 Å². The van der Waals surface area contributed by atoms with Crippen molar-refractivity contribution >= 4 is 5.69 Å². The van der Waals surface area contributed by atoms with Crippen LogP contribution in [0.5, 0.6) is 0 Å². The lowest BCUT2D eigenvalue weighted by molar-refractivity contribution is 0.686. The first-order valence-electron chi connectivity index (χ1n) is 4.39. The van der Waals surface area contributed by atoms with E-state index in [4.69, 9.17) is 6.57 Å². The van der Waals surface area contributed by atoms with Gasteiger partial charge in [0.05, 0.1) is 6.57 Å². The van der Waals surface area contributed by atoms with Crippen LogP contribution in [0.3, 0.4) is 0 Å². The van der Waals surface area contributed by atoms with E-state index in [1.165, 1.54) is 36.8 Å². The van der Waals surface area contributed by atoms with Crippen molar-refractivity contribution in [1.29, 1.82) is 0 Å². The summed E-state index contributed by atoms with van der Waals surface area (Å²) in [5, 5.41) is 0. The van der Waals surface area contributed by atoms with Gasteiger partial charge in [-0.3, -0.25) is 0 Å². The second-order valence-corrected chi connectivity index (χ2v) is 3.27. The van der Waals surface area contributed by atoms with Gasteiger partial charge in [-0.05, 0) is 31.2 Å². The van der Waals surface area contributed by atoms with Crippen LogP contribution in [0.1, 0.15) is 24.0 Å². The predicted octanol–water partition coefficient (Wildman–Crippen LogP) is 3.12. The quantitative estimate of drug-likeness (QED) is 0.510. The van der Waals surface area contributed by atoms with E-state index in [-0.39, 0.29) is 0 Å². The minimum absolute atomic E-state index is 0.788. The second kappa shape index (κ2) is 2.98. The Morgan fingerprint density at radius 2 is 1.83 bits per heavy atom. The number of rotatable bonds is 0. The van der Waals surface area contributed by atoms with Crippen molar-refractivity contribution < 1.29 is 0 Å². The molecule has 1 nitrogen and oxygen atoms in total. The molecule has 0 aromatic heterocycles. The number of nitrogens with zero attached hydrogens (tertiary/aromatic N) is 1. The van der Waals surface area contributed by atoms with Gasteiger partial charge < -0.3 is 0 Å². The van der Waals surface area contributed by atoms with Gasteiger partial charge in [0, 0.05) is 0 Å². The summed E-state index contributed by atoms with van der Waals surface area (Å²) in [6.07, 6.45) is 4.96. The predicted molar refractivity (Wildman–Crippen MR) is 49.3 cm³/mol. The fraction of sp³-hybridized carbons (Fsp3) is 0.364. The molecule has 12 heavy (non-hydrogen) atoms. The summed E-state index contributed by atoms with van der Waals surface area (Å²) in [6, 6.07) is 6.08. The van der Waals surface area contributed by atoms with Crippen LogP contribution in [0.4, 0.5) is 5.69 Å². The molecule has 0 saturated carbocycles. The monoisotopic (exact) mass is 157 g/mol. The molecule has 1 aliphatic carbocycles. The molecule has 60 valence electrons. The fourth-order valence-electron chi connectivity index (χ4n) is 1.79. The van der Waals surface area contributed by atoms with Gasteiger partial charge in [-0.15, -0.1) is 0 Å². The highest BCUT2D eigenvalue weighted by Gasteiger charge is 2.08. The Bertz CT molecular complexity index is 333. The first-order valence-corrected chi connectivity index (χ1v) is 4.39. The maximum Gasteiger partial charge on any atom is 0.187 e. The maximum absolute atomic E-state index is 6.89. The lowest BCUT2D eigenvalue weighted by Gasteiger charge is -2.15. The highest BCUT2D eigenvalue weighted by molar-refractivity contribution is 5.50. The van der Waals surface area contributed by atoms with E-state index >= 15 is 0 Å². The molecule has 1 aromatic rings. The number of aryl methyl sites for hydroxylation is 2. The summed E-state index contributed by atoms with van der Waals surface area (Å²) in [4.78, 5) is 3.43. The summed E-state index contributed by atoms with van der Waals surface area (Å²) < 4.78 is 0. The molecular weight excluding hydrogens is 146 g/mol. The van der Waals surface area contributed by atoms with Crippen molar-refractivity contribution in [3.05, 3.63) is 40.7 Å². The van der Waals surface area contributed by atoms with Crippen LogP contribution in [0.15, 0.2) is 18.2 Å². The Balaban J connectivity index is 2.44. The summed E-state index contributed by atoms with van der Waals surface area (Å²) in [5.41, 5.74) is 3.64. The minimum Gasteiger partial charge on any atom is -0.238 e. The largest absolute Gasteiger partial charge is 0.238 e. The summed E-state index contributed by atoms with van der Waals surface area (Å²) in [6.45, 7) is 6.89. The highest BCUT2D eigenvalue weighted by atomic mass is 14.6. The molecule has 2 rings (SSSR count). The van der Waals surface area contributed by atoms with Crippen LogP contribution in [0, 0.1) is 6.57 Å². The van der Waals surface area contributed by atoms with Gasteiger partial charge in [-0.25, -0.2) is 4.85 Å². The first kappa shape index (κ1) is 7.36. The Morgan fingerprint density at radius 1 is 1.08 bits per heavy atom. The smallest absolute Gasteiger partial charge is 0.187 e. The Kier molecular flexibility index (Phi) is 1.83. The molecule has 1 heteroatoms. The van der Waals surface area contributed by atoms with Gasteiger partial charge in [0.1, 0.15) is 0 Å². The topological polar surface area (TPSA) is 4.36 Å². The molecule has 0 bridgehead atoms. The molecular formula is C11H11N. The molecule has 1 aromatic carbocycles. The molecule has 0 amide bonds. The van der Waals surface area contributed by atoms with Crippen LogP contribution in [-0.2, 0) is 12.8 Å². The van der Waals surface area contributed by atoms with Crippen molar-refractivity contribution in [2.24, 2.45) is 0 Å². The van der Waals surface area contributed by atoms with Crippen LogP contribution in [-0.4, -0.2) is 0 Å². The first-order chi connectivity index (χ1) is 5.90. The van der Waals surface area contributed by atoms with E-state index in [1.807, 2.05) is 12.1 Å². The lowest BCUT2D eigenvalue weighted by Crippen LogP contribution is -2.01. The molecule has 0 N–H and O–H groups in total. The molecule has 0 aliphatic heterocycles. The third kappa shape index (κ3) is 1.21. The van der Waals surface area contributed by atoms with Gasteiger partial charge >= 0.3 is 0 Å². The van der Waals surface area contributed by atoms with E-state index in [2.05, 4.69) is 10.9 Å². The summed E-state index contributed by atoms with van der Waals surface area (Å²) in [5.74, 6) is 0. The minimum atomic E-state index is 0.788. The van der Waals surface area contributed by atoms with Crippen molar-refractivity contribution in [2.45, 2.75) is 25.7 Å². The highest BCUT2D eigenvalue weighted by Crippen LogP contribution is 2.25. The SMILES string of the molecule is [C-]#[N+]c1ccc2c(c1)CCCC2. The zero-order chi connectivity index (χ0) is 8.39. The van der Waals surface area contributed by atoms with Crippen LogP contribution in [0.25, 0.3) is 4.85 Å². The van der Waals surface area contributed by atoms with Crippen LogP contribution >= 0.6 is 0 Å². The molecule has 0 atom stereocenters. The van der Waals surface area contributed by atoms with Gasteiger partial charge in [-0.2, -0.15) is 0 Å². The van der Waals surface area contributed by atoms with Crippen molar-refractivity contribution in [3.8, 4) is 0 Å². The second-order valence-electron chi connectivity index (χ2n) is 3.27. The normalized spacial score (nSPS) is 14.9. The average molecular weight is 157 g/mol. The number of benzene rings is 1. The number of hydrogen-bond donors (Lipinski definition) is 0. The molecule has 0 saturated heterocycles. The van der Waals surface area contributed by atoms with Crippen LogP contribution in [0.2, 0.25) is 0 Å². The zero-order valence-corrected chi connectivity index (χ0v) is 7.01. The van der Waals surface area contributed by atoms with Gasteiger partial charge in [0.25, 0.3) is 0 Å². The standard InChI is InChI=1S/C11H11N/c1-12-11-7-6-9-4-2-3-5-10(9)8-11/h6-8H,2-5H2. The molecule has 1 aliphatic rings. The maximum atomic E-state index is 6.89. The van der Waals surface area contributed by atoms with E-state index in [9.17, 15) is 0 Å². The molecule has 0 unspecified atom stereocenters. The van der Waals surface area contributed by atoms with Gasteiger partial charge in [0.15, 0.2) is 5.69 Å². The molecule has 0 radical (unpaired) electrons. The Labute approximate surface area is 72.9 Å². The summed E-state index contributed by atoms with van der Waals surface area (Å²) in [7, 11) is 0. The molecule has 0 spiro atoms. The molecule has 0 heterocycles. The van der Waals surface area contributed by atoms with Crippen LogP contribution < -0.4 is 0 Å². The lowest BCUT2D eigenvalue weighted by atomic mass is 9.91. The van der Waals surface area contributed by atoms with Crippen molar-refractivity contribution in [2.75, 3.05) is 0 Å². The number of hydrogen-bond acceptors (Lipinski definition) is 0. The molecule has 0 fully saturated rings. The van der Waals surface area contributed by atoms with Crippen molar-refractivity contribution in [3.63, 3.8) is 0 Å². The fourth-order valence-corrected chi connectivity index (χ4v) is 1.79. The van der Waals surface area contributed by atoms with Gasteiger partial charge in [0.2, 0.25) is 0 Å². The number of fused-ring (bicyclic) bond motifs is 1. The zero-order valence-electron chi connectivity index (χ0n) is 7.01. The average Bonchev–Trinajstić information content (AvgIpc) is 2.17. The third-order valence-electron chi connectivity index (χ3n) is 2.46. The van der Waals surface area contributed by atoms with Gasteiger partial charge in [-0.1, -0.05) is 23.8 Å². The Morgan fingerprint density at radius 3 is 2.58 bits per heavy atom. The third-order valence-corrected chi connectivity index (χ3v) is 2.46. The van der Waals surface area contributed by atoms with Crippen molar-refractivity contribution in [1.82, 2.24) is 0 Å². The van der Waals surface area contributed by atoms with E-state index in [0.717, 1.165) is 5.69 Å². The summed E-state index contributed by atoms with van der Waals surface area (Å²) >= 11 is 0. The Hall–Kier alpha value is -1.29. The van der Waals surface area contributed by atoms with E-state index in [0.29, 0.717) is 0 Å². The van der Waals surface area contributed by atoms with E-state index < -0.39 is 0 Å².